The molecule has 1 aliphatic heterocycles. The second-order valence-corrected chi connectivity index (χ2v) is 6.72. The number of urea groups is 1. The fraction of sp³-hybridized carbons (Fsp3) is 0.211. The summed E-state index contributed by atoms with van der Waals surface area (Å²) in [6, 6.07) is 9.80. The highest BCUT2D eigenvalue weighted by atomic mass is 16.2. The van der Waals surface area contributed by atoms with Gasteiger partial charge in [-0.25, -0.2) is 24.5 Å². The van der Waals surface area contributed by atoms with E-state index in [4.69, 9.17) is 0 Å². The third-order valence-electron chi connectivity index (χ3n) is 4.70. The number of amides is 2. The lowest BCUT2D eigenvalue weighted by Crippen LogP contribution is -2.24. The monoisotopic (exact) mass is 387 g/mol. The minimum Gasteiger partial charge on any atom is -0.335 e. The Morgan fingerprint density at radius 1 is 1.28 bits per heavy atom. The fourth-order valence-corrected chi connectivity index (χ4v) is 3.22. The molecule has 0 atom stereocenters. The van der Waals surface area contributed by atoms with Crippen molar-refractivity contribution >= 4 is 33.9 Å². The zero-order chi connectivity index (χ0) is 19.8. The van der Waals surface area contributed by atoms with Crippen LogP contribution in [0.1, 0.15) is 18.2 Å². The predicted octanol–water partition coefficient (Wildman–Crippen LogP) is 1.57. The van der Waals surface area contributed by atoms with Crippen LogP contribution in [0.3, 0.4) is 0 Å². The van der Waals surface area contributed by atoms with E-state index in [-0.39, 0.29) is 6.03 Å². The molecule has 4 aromatic rings. The molecule has 3 aromatic heterocycles. The highest BCUT2D eigenvalue weighted by molar-refractivity contribution is 5.98. The summed E-state index contributed by atoms with van der Waals surface area (Å²) in [6.07, 6.45) is 3.37. The van der Waals surface area contributed by atoms with E-state index in [1.165, 1.54) is 5.01 Å². The molecule has 1 fully saturated rings. The predicted molar refractivity (Wildman–Crippen MR) is 106 cm³/mol. The summed E-state index contributed by atoms with van der Waals surface area (Å²) in [7, 11) is 0. The Morgan fingerprint density at radius 3 is 3.07 bits per heavy atom. The van der Waals surface area contributed by atoms with Crippen LogP contribution in [0.5, 0.6) is 0 Å². The second kappa shape index (κ2) is 6.89. The Morgan fingerprint density at radius 2 is 2.21 bits per heavy atom. The van der Waals surface area contributed by atoms with Crippen LogP contribution in [0.15, 0.2) is 47.8 Å². The van der Waals surface area contributed by atoms with Gasteiger partial charge in [0.05, 0.1) is 30.5 Å². The Kier molecular flexibility index (Phi) is 4.08. The lowest BCUT2D eigenvalue weighted by molar-refractivity contribution is 0.219. The van der Waals surface area contributed by atoms with Gasteiger partial charge in [-0.05, 0) is 30.7 Å². The maximum atomic E-state index is 11.7. The van der Waals surface area contributed by atoms with Crippen molar-refractivity contribution in [3.63, 3.8) is 0 Å². The van der Waals surface area contributed by atoms with E-state index in [1.54, 1.807) is 24.0 Å². The Balaban J connectivity index is 1.47. The average Bonchev–Trinajstić information content (AvgIpc) is 3.33. The highest BCUT2D eigenvalue weighted by Crippen LogP contribution is 2.16. The number of hydrogen-bond donors (Lipinski definition) is 1. The smallest absolute Gasteiger partial charge is 0.335 e. The van der Waals surface area contributed by atoms with Crippen LogP contribution in [0.25, 0.3) is 22.2 Å². The number of carbonyl (C=O) groups is 1. The summed E-state index contributed by atoms with van der Waals surface area (Å²) in [5, 5.41) is 17.8. The first kappa shape index (κ1) is 17.2. The van der Waals surface area contributed by atoms with Gasteiger partial charge in [0.2, 0.25) is 5.65 Å². The number of rotatable bonds is 4. The van der Waals surface area contributed by atoms with Crippen LogP contribution in [0, 0.1) is 0 Å². The number of carbonyl (C=O) groups excluding carboxylic acids is 1. The summed E-state index contributed by atoms with van der Waals surface area (Å²) in [4.78, 5) is 25.0. The van der Waals surface area contributed by atoms with Gasteiger partial charge in [0.15, 0.2) is 5.65 Å². The molecule has 0 unspecified atom stereocenters. The zero-order valence-corrected chi connectivity index (χ0v) is 15.6. The van der Waals surface area contributed by atoms with Crippen molar-refractivity contribution in [2.24, 2.45) is 5.10 Å². The van der Waals surface area contributed by atoms with Gasteiger partial charge in [-0.3, -0.25) is 4.98 Å². The topological polar surface area (TPSA) is 114 Å². The number of hydrazone groups is 1. The van der Waals surface area contributed by atoms with Crippen LogP contribution in [-0.2, 0) is 6.54 Å². The number of hydrogen-bond acceptors (Lipinski definition) is 7. The highest BCUT2D eigenvalue weighted by Gasteiger charge is 2.19. The standard InChI is InChI=1S/C19H17N9O/c1-12(25-27-8-7-21-19(27)29)16-10-22-17-18(23-16)28(26-24-17)11-13-4-5-15-14(9-13)3-2-6-20-15/h2-6,9-10H,7-8,11H2,1H3,(H,21,29)/b25-12+. The van der Waals surface area contributed by atoms with Crippen LogP contribution in [0.2, 0.25) is 0 Å². The van der Waals surface area contributed by atoms with Gasteiger partial charge >= 0.3 is 6.03 Å². The molecule has 0 aliphatic carbocycles. The van der Waals surface area contributed by atoms with E-state index < -0.39 is 0 Å². The molecule has 1 saturated heterocycles. The molecule has 1 aliphatic rings. The average molecular weight is 387 g/mol. The largest absolute Gasteiger partial charge is 0.337 e. The number of benzene rings is 1. The summed E-state index contributed by atoms with van der Waals surface area (Å²) < 4.78 is 1.71. The van der Waals surface area contributed by atoms with E-state index in [2.05, 4.69) is 41.7 Å². The molecule has 0 bridgehead atoms. The first-order valence-electron chi connectivity index (χ1n) is 9.18. The van der Waals surface area contributed by atoms with Crippen LogP contribution >= 0.6 is 0 Å². The molecule has 0 radical (unpaired) electrons. The summed E-state index contributed by atoms with van der Waals surface area (Å²) in [5.41, 5.74) is 4.20. The van der Waals surface area contributed by atoms with Crippen molar-refractivity contribution in [2.75, 3.05) is 13.1 Å². The lowest BCUT2D eigenvalue weighted by Gasteiger charge is -2.08. The van der Waals surface area contributed by atoms with Crippen molar-refractivity contribution in [1.82, 2.24) is 40.3 Å². The van der Waals surface area contributed by atoms with Crippen LogP contribution in [0.4, 0.5) is 4.79 Å². The number of nitrogens with one attached hydrogen (secondary N) is 1. The van der Waals surface area contributed by atoms with Gasteiger partial charge in [-0.1, -0.05) is 17.3 Å². The number of fused-ring (bicyclic) bond motifs is 2. The molecule has 2 amide bonds. The molecule has 29 heavy (non-hydrogen) atoms. The van der Waals surface area contributed by atoms with Crippen molar-refractivity contribution in [1.29, 1.82) is 0 Å². The zero-order valence-electron chi connectivity index (χ0n) is 15.6. The van der Waals surface area contributed by atoms with E-state index in [1.807, 2.05) is 24.3 Å². The molecular formula is C19H17N9O. The van der Waals surface area contributed by atoms with E-state index in [9.17, 15) is 4.79 Å². The molecular weight excluding hydrogens is 370 g/mol. The molecule has 10 nitrogen and oxygen atoms in total. The molecule has 10 heteroatoms. The maximum absolute atomic E-state index is 11.7. The van der Waals surface area contributed by atoms with Gasteiger partial charge in [0, 0.05) is 18.1 Å². The summed E-state index contributed by atoms with van der Waals surface area (Å²) in [5.74, 6) is 0. The van der Waals surface area contributed by atoms with Gasteiger partial charge in [0.25, 0.3) is 0 Å². The summed E-state index contributed by atoms with van der Waals surface area (Å²) in [6.45, 7) is 3.41. The van der Waals surface area contributed by atoms with Crippen molar-refractivity contribution in [3.05, 3.63) is 54.0 Å². The first-order chi connectivity index (χ1) is 14.2. The van der Waals surface area contributed by atoms with E-state index in [0.29, 0.717) is 42.3 Å². The number of pyridine rings is 1. The second-order valence-electron chi connectivity index (χ2n) is 6.72. The Bertz CT molecular complexity index is 1260. The molecule has 1 N–H and O–H groups in total. The minimum absolute atomic E-state index is 0.212. The SMILES string of the molecule is C/C(=N\N1CCNC1=O)c1cnc2nnn(Cc3ccc4ncccc4c3)c2n1. The third-order valence-corrected chi connectivity index (χ3v) is 4.70. The van der Waals surface area contributed by atoms with Gasteiger partial charge in [0.1, 0.15) is 5.69 Å². The first-order valence-corrected chi connectivity index (χ1v) is 9.18. The van der Waals surface area contributed by atoms with Crippen LogP contribution in [-0.4, -0.2) is 59.8 Å². The minimum atomic E-state index is -0.212. The quantitative estimate of drug-likeness (QED) is 0.532. The molecule has 0 saturated carbocycles. The Hall–Kier alpha value is -3.95. The van der Waals surface area contributed by atoms with Crippen LogP contribution < -0.4 is 5.32 Å². The van der Waals surface area contributed by atoms with E-state index >= 15 is 0 Å². The normalized spacial score (nSPS) is 14.7. The number of nitrogens with zero attached hydrogens (tertiary/aromatic N) is 8. The molecule has 144 valence electrons. The van der Waals surface area contributed by atoms with Crippen molar-refractivity contribution in [3.8, 4) is 0 Å². The molecule has 0 spiro atoms. The molecule has 1 aromatic carbocycles. The summed E-state index contributed by atoms with van der Waals surface area (Å²) >= 11 is 0. The van der Waals surface area contributed by atoms with Gasteiger partial charge < -0.3 is 5.32 Å². The lowest BCUT2D eigenvalue weighted by atomic mass is 10.1. The van der Waals surface area contributed by atoms with E-state index in [0.717, 1.165) is 16.5 Å². The Labute approximate surface area is 165 Å². The van der Waals surface area contributed by atoms with Gasteiger partial charge in [-0.15, -0.1) is 5.10 Å². The fourth-order valence-electron chi connectivity index (χ4n) is 3.22. The van der Waals surface area contributed by atoms with Crippen molar-refractivity contribution in [2.45, 2.75) is 13.5 Å². The van der Waals surface area contributed by atoms with Gasteiger partial charge in [-0.2, -0.15) is 5.10 Å². The molecule has 4 heterocycles. The maximum Gasteiger partial charge on any atom is 0.337 e. The third kappa shape index (κ3) is 3.24. The molecule has 5 rings (SSSR count). The van der Waals surface area contributed by atoms with Crippen molar-refractivity contribution < 1.29 is 4.79 Å². The number of aromatic nitrogens is 6.